The lowest BCUT2D eigenvalue weighted by atomic mass is 9.79. The zero-order valence-electron chi connectivity index (χ0n) is 78.2. The molecule has 6 aromatic rings. The number of anilines is 2. The van der Waals surface area contributed by atoms with Gasteiger partial charge in [0.1, 0.15) is 37.0 Å². The number of benzene rings is 3. The summed E-state index contributed by atoms with van der Waals surface area (Å²) in [6, 6.07) is 11.7. The van der Waals surface area contributed by atoms with E-state index in [0.29, 0.717) is 104 Å². The summed E-state index contributed by atoms with van der Waals surface area (Å²) in [5.41, 5.74) is 10.0. The molecule has 3 amide bonds. The molecule has 9 atom stereocenters. The van der Waals surface area contributed by atoms with Crippen LogP contribution in [0.2, 0.25) is 0 Å². The van der Waals surface area contributed by atoms with Crippen molar-refractivity contribution >= 4 is 114 Å². The molecule has 20 nitrogen and oxygen atoms in total. The van der Waals surface area contributed by atoms with Gasteiger partial charge in [0.25, 0.3) is 0 Å². The number of rotatable bonds is 15. The summed E-state index contributed by atoms with van der Waals surface area (Å²) in [5, 5.41) is 9.66. The topological polar surface area (TPSA) is 253 Å². The van der Waals surface area contributed by atoms with Crippen LogP contribution in [0.15, 0.2) is 55.0 Å². The molecule has 16 rings (SSSR count). The van der Waals surface area contributed by atoms with Crippen LogP contribution >= 0.6 is 0 Å². The smallest absolute Gasteiger partial charge is 0.243 e. The van der Waals surface area contributed by atoms with Crippen molar-refractivity contribution in [3.8, 4) is 0 Å². The Bertz CT molecular complexity index is 5210. The van der Waals surface area contributed by atoms with Gasteiger partial charge >= 0.3 is 0 Å². The van der Waals surface area contributed by atoms with E-state index in [2.05, 4.69) is 96.4 Å². The average Bonchev–Trinajstić information content (AvgIpc) is 1.54. The van der Waals surface area contributed by atoms with Crippen LogP contribution in [0, 0.1) is 44.3 Å². The van der Waals surface area contributed by atoms with E-state index in [-0.39, 0.29) is 123 Å². The highest BCUT2D eigenvalue weighted by Crippen LogP contribution is 2.65. The number of nitrogens with one attached hydrogen (secondary N) is 2. The predicted octanol–water partition coefficient (Wildman–Crippen LogP) is 20.3. The molecular weight excluding hydrogens is 1570 g/mol. The molecule has 3 aromatic carbocycles. The molecule has 20 heteroatoms. The minimum Gasteiger partial charge on any atom is -0.388 e. The molecule has 6 aliphatic heterocycles. The molecule has 10 aliphatic rings. The first-order chi connectivity index (χ1) is 59.4. The summed E-state index contributed by atoms with van der Waals surface area (Å²) in [6.45, 7) is 28.5. The molecule has 2 N–H and O–H groups in total. The van der Waals surface area contributed by atoms with Gasteiger partial charge < -0.3 is 39.0 Å². The minimum absolute atomic E-state index is 0.00274. The number of amides is 3. The molecule has 4 aliphatic carbocycles. The van der Waals surface area contributed by atoms with E-state index < -0.39 is 18.1 Å². The Hall–Kier alpha value is -8.68. The van der Waals surface area contributed by atoms with E-state index in [1.807, 2.05) is 80.9 Å². The fourth-order valence-corrected chi connectivity index (χ4v) is 23.9. The maximum absolute atomic E-state index is 14.2. The third-order valence-electron chi connectivity index (χ3n) is 31.9. The standard InChI is InChI=1S/C38H53N3O4.C35H48N2O4.C32H43N3O4/c1-5-32(43)31-20-38-17-15-34(44)37(3,4)16-11-7-10-14-27-18-28(39-22-26-12-8-6-9-13-26)19-29-30(25(2)42)23-40(36(27)29)24-35(45)41(31)33(38)21-38;1-7-29(39)28-18-35-14-12-31(40)34(5,6)13-10-8-9-11-25-16-24(15-22(2)3)17-26-27(23(4)38)20-36(33(25)26)21-32(41)37(28)30(35)19-35;1-6-26(37)25-16-32-13-11-28(38)31(3,4)12-9-7-8-10-21-14-22(33-5)15-23-24(20(2)36)18-34(30(21)23)19-29(39)35(25)27(32)17-32/h18-19,23,26,31,33,39H,5-17,20-22,24H2,1-4H3;16-17,20,22,28,30H,7-15,18-19,21H2,1-6H3;14-15,18,25,27,33H,6-13,16-17,19H2,1-5H3/t31-,33+,38-;28-,30+,35-;25-,27+,32-/m000/s1. The molecule has 0 spiro atoms. The Balaban J connectivity index is 0.000000153. The molecule has 125 heavy (non-hydrogen) atoms. The van der Waals surface area contributed by atoms with Crippen LogP contribution in [-0.2, 0) is 88.5 Å². The first kappa shape index (κ1) is 92.5. The van der Waals surface area contributed by atoms with Gasteiger partial charge in [-0.3, -0.25) is 57.5 Å². The number of piperidine rings is 3. The second-order valence-electron chi connectivity index (χ2n) is 42.5. The fourth-order valence-electron chi connectivity index (χ4n) is 23.9. The average molecular weight is 1710 g/mol. The SMILES string of the molecule is CCC(=O)[C@@H]1C[C@]23CCC(=O)C(C)(C)CCCCCc4cc(CC(C)C)cc5c(C(C)=O)cn(c45)CC(=O)N1[C@@H]2C3.CCC(=O)[C@@H]1C[C@]23CCC(=O)C(C)(C)CCCCCc4cc(NC)cc5c(C(C)=O)cn(c45)CC(=O)N1[C@@H]2C3.CCC(=O)[C@@H]1C[C@]23CCC(=O)C(C)(C)CCCCCc4cc(NCC5CCCCC5)cc5c(C(C)=O)cn(c45)CC(=O)N1[C@@H]2C3. The van der Waals surface area contributed by atoms with Gasteiger partial charge in [-0.25, -0.2) is 0 Å². The number of hydrogen-bond donors (Lipinski definition) is 2. The van der Waals surface area contributed by atoms with Crippen LogP contribution < -0.4 is 10.6 Å². The third-order valence-corrected chi connectivity index (χ3v) is 31.9. The number of carbonyl (C=O) groups is 12. The molecule has 0 radical (unpaired) electrons. The quantitative estimate of drug-likeness (QED) is 0.0907. The molecular formula is C105H144N8O12. The number of nitrogens with zero attached hydrogens (tertiary/aromatic N) is 6. The van der Waals surface area contributed by atoms with E-state index >= 15 is 0 Å². The summed E-state index contributed by atoms with van der Waals surface area (Å²) >= 11 is 0. The van der Waals surface area contributed by atoms with Crippen molar-refractivity contribution in [3.05, 3.63) is 93.9 Å². The van der Waals surface area contributed by atoms with Gasteiger partial charge in [0.15, 0.2) is 34.7 Å². The first-order valence-corrected chi connectivity index (χ1v) is 48.4. The van der Waals surface area contributed by atoms with E-state index in [1.165, 1.54) is 43.2 Å². The highest BCUT2D eigenvalue weighted by molar-refractivity contribution is 6.11. The lowest BCUT2D eigenvalue weighted by Gasteiger charge is -2.27. The number of Topliss-reactive ketones (excluding diaryl/α,β-unsaturated/α-hetero) is 9. The van der Waals surface area contributed by atoms with Gasteiger partial charge in [-0.2, -0.15) is 0 Å². The van der Waals surface area contributed by atoms with E-state index in [0.717, 1.165) is 203 Å². The van der Waals surface area contributed by atoms with Crippen molar-refractivity contribution in [2.75, 3.05) is 24.2 Å². The predicted molar refractivity (Wildman–Crippen MR) is 494 cm³/mol. The number of ketones is 9. The van der Waals surface area contributed by atoms with Gasteiger partial charge in [-0.1, -0.05) is 140 Å². The van der Waals surface area contributed by atoms with Crippen molar-refractivity contribution in [1.82, 2.24) is 28.4 Å². The number of carbonyl (C=O) groups excluding carboxylic acids is 12. The van der Waals surface area contributed by atoms with Crippen molar-refractivity contribution < 1.29 is 57.5 Å². The monoisotopic (exact) mass is 1710 g/mol. The van der Waals surface area contributed by atoms with Gasteiger partial charge in [-0.05, 0) is 236 Å². The van der Waals surface area contributed by atoms with Crippen LogP contribution in [-0.4, -0.2) is 148 Å². The van der Waals surface area contributed by atoms with Crippen molar-refractivity contribution in [2.24, 2.45) is 44.3 Å². The second kappa shape index (κ2) is 37.2. The van der Waals surface area contributed by atoms with Crippen LogP contribution in [0.5, 0.6) is 0 Å². The number of hydrogen-bond acceptors (Lipinski definition) is 14. The molecule has 4 saturated carbocycles. The van der Waals surface area contributed by atoms with Crippen LogP contribution in [0.1, 0.15) is 356 Å². The largest absolute Gasteiger partial charge is 0.388 e. The highest BCUT2D eigenvalue weighted by atomic mass is 16.2. The van der Waals surface area contributed by atoms with Crippen LogP contribution in [0.3, 0.4) is 0 Å². The van der Waals surface area contributed by atoms with E-state index in [9.17, 15) is 57.5 Å². The minimum atomic E-state index is -0.424. The van der Waals surface area contributed by atoms with Crippen LogP contribution in [0.4, 0.5) is 11.4 Å². The van der Waals surface area contributed by atoms with Crippen molar-refractivity contribution in [3.63, 3.8) is 0 Å². The fraction of sp³-hybridized carbons (Fsp3) is 0.657. The Kier molecular flexibility index (Phi) is 27.5. The Morgan fingerprint density at radius 2 is 0.728 bits per heavy atom. The van der Waals surface area contributed by atoms with Gasteiger partial charge in [0.05, 0.1) is 34.7 Å². The summed E-state index contributed by atoms with van der Waals surface area (Å²) in [7, 11) is 1.87. The van der Waals surface area contributed by atoms with Gasteiger partial charge in [-0.15, -0.1) is 0 Å². The zero-order valence-corrected chi connectivity index (χ0v) is 78.2. The lowest BCUT2D eigenvalue weighted by molar-refractivity contribution is -0.139. The van der Waals surface area contributed by atoms with E-state index in [4.69, 9.17) is 0 Å². The lowest BCUT2D eigenvalue weighted by Crippen LogP contribution is -2.44. The summed E-state index contributed by atoms with van der Waals surface area (Å²) < 4.78 is 5.93. The molecule has 9 heterocycles. The number of aryl methyl sites for hydroxylation is 3. The summed E-state index contributed by atoms with van der Waals surface area (Å²) in [6.07, 6.45) is 36.6. The zero-order chi connectivity index (χ0) is 89.7. The Morgan fingerprint density at radius 3 is 1.06 bits per heavy atom. The molecule has 7 fully saturated rings. The summed E-state index contributed by atoms with van der Waals surface area (Å²) in [5.74, 6) is 2.17. The Labute approximate surface area is 742 Å². The maximum atomic E-state index is 14.2. The normalized spacial score (nSPS) is 27.2. The Morgan fingerprint density at radius 1 is 0.400 bits per heavy atom. The van der Waals surface area contributed by atoms with Crippen LogP contribution in [0.25, 0.3) is 32.7 Å². The number of aromatic nitrogens is 3. The van der Waals surface area contributed by atoms with Gasteiger partial charge in [0, 0.05) is 149 Å². The molecule has 676 valence electrons. The summed E-state index contributed by atoms with van der Waals surface area (Å²) in [4.78, 5) is 166. The third kappa shape index (κ3) is 19.3. The van der Waals surface area contributed by atoms with E-state index in [1.54, 1.807) is 20.8 Å². The molecule has 3 saturated heterocycles. The first-order valence-electron chi connectivity index (χ1n) is 48.4. The molecule has 6 bridgehead atoms. The van der Waals surface area contributed by atoms with Crippen molar-refractivity contribution in [2.45, 2.75) is 384 Å². The highest BCUT2D eigenvalue weighted by Gasteiger charge is 2.69. The van der Waals surface area contributed by atoms with Crippen molar-refractivity contribution in [1.29, 1.82) is 0 Å². The second-order valence-corrected chi connectivity index (χ2v) is 42.5. The molecule has 0 unspecified atom stereocenters. The molecule has 3 aromatic heterocycles. The maximum Gasteiger partial charge on any atom is 0.243 e. The van der Waals surface area contributed by atoms with Gasteiger partial charge in [0.2, 0.25) is 17.7 Å².